The van der Waals surface area contributed by atoms with E-state index in [-0.39, 0.29) is 5.91 Å². The van der Waals surface area contributed by atoms with Crippen LogP contribution in [0.5, 0.6) is 0 Å². The number of aromatic nitrogens is 2. The lowest BCUT2D eigenvalue weighted by Gasteiger charge is -2.11. The van der Waals surface area contributed by atoms with E-state index < -0.39 is 0 Å². The van der Waals surface area contributed by atoms with E-state index in [0.29, 0.717) is 12.1 Å². The fraction of sp³-hybridized carbons (Fsp3) is 0.333. The van der Waals surface area contributed by atoms with Crippen molar-refractivity contribution in [2.24, 2.45) is 0 Å². The Morgan fingerprint density at radius 3 is 2.80 bits per heavy atom. The summed E-state index contributed by atoms with van der Waals surface area (Å²) in [5.41, 5.74) is 11.6. The first kappa shape index (κ1) is 12.7. The van der Waals surface area contributed by atoms with Crippen LogP contribution in [0.1, 0.15) is 30.8 Å². The van der Waals surface area contributed by atoms with Crippen LogP contribution in [0.25, 0.3) is 5.69 Å². The summed E-state index contributed by atoms with van der Waals surface area (Å²) in [6.07, 6.45) is 2.18. The summed E-state index contributed by atoms with van der Waals surface area (Å²) < 4.78 is 1.89. The zero-order chi connectivity index (χ0) is 14.3. The Balaban J connectivity index is 2.13. The number of anilines is 2. The molecule has 0 spiro atoms. The number of carbonyl (C=O) groups excluding carboxylic acids is 1. The van der Waals surface area contributed by atoms with Crippen LogP contribution in [0.4, 0.5) is 11.4 Å². The summed E-state index contributed by atoms with van der Waals surface area (Å²) in [5, 5.41) is 7.46. The van der Waals surface area contributed by atoms with Crippen molar-refractivity contribution in [1.82, 2.24) is 9.78 Å². The van der Waals surface area contributed by atoms with Gasteiger partial charge in [-0.1, -0.05) is 13.8 Å². The predicted octanol–water partition coefficient (Wildman–Crippen LogP) is 2.07. The second-order valence-corrected chi connectivity index (χ2v) is 5.04. The molecule has 0 saturated carbocycles. The predicted molar refractivity (Wildman–Crippen MR) is 79.1 cm³/mol. The van der Waals surface area contributed by atoms with E-state index in [9.17, 15) is 4.79 Å². The Morgan fingerprint density at radius 2 is 2.10 bits per heavy atom. The molecule has 3 N–H and O–H groups in total. The summed E-state index contributed by atoms with van der Waals surface area (Å²) in [5.74, 6) is 0.0157. The van der Waals surface area contributed by atoms with Gasteiger partial charge >= 0.3 is 0 Å². The summed E-state index contributed by atoms with van der Waals surface area (Å²) in [6.45, 7) is 4.18. The molecule has 0 atom stereocenters. The zero-order valence-electron chi connectivity index (χ0n) is 11.7. The van der Waals surface area contributed by atoms with Crippen molar-refractivity contribution in [2.45, 2.75) is 33.1 Å². The second-order valence-electron chi connectivity index (χ2n) is 5.04. The SMILES string of the molecule is CCc1cc(CC)n(-c2cc3c(cc2N)CC(=O)N3)n1. The highest BCUT2D eigenvalue weighted by Crippen LogP contribution is 2.31. The maximum Gasteiger partial charge on any atom is 0.228 e. The topological polar surface area (TPSA) is 72.9 Å². The van der Waals surface area contributed by atoms with Gasteiger partial charge in [0.2, 0.25) is 5.91 Å². The number of amides is 1. The van der Waals surface area contributed by atoms with Crippen LogP contribution in [0.3, 0.4) is 0 Å². The van der Waals surface area contributed by atoms with Gasteiger partial charge in [-0.05, 0) is 36.6 Å². The summed E-state index contributed by atoms with van der Waals surface area (Å²) in [4.78, 5) is 11.5. The van der Waals surface area contributed by atoms with Crippen molar-refractivity contribution in [3.63, 3.8) is 0 Å². The molecular weight excluding hydrogens is 252 g/mol. The zero-order valence-corrected chi connectivity index (χ0v) is 11.7. The third-order valence-corrected chi connectivity index (χ3v) is 3.66. The van der Waals surface area contributed by atoms with Crippen molar-refractivity contribution in [3.8, 4) is 5.69 Å². The minimum atomic E-state index is 0.0157. The van der Waals surface area contributed by atoms with Gasteiger partial charge in [0, 0.05) is 11.4 Å². The van der Waals surface area contributed by atoms with Crippen molar-refractivity contribution in [3.05, 3.63) is 35.2 Å². The molecule has 0 fully saturated rings. The Labute approximate surface area is 117 Å². The van der Waals surface area contributed by atoms with Crippen LogP contribution in [0.15, 0.2) is 18.2 Å². The van der Waals surface area contributed by atoms with Crippen LogP contribution in [0.2, 0.25) is 0 Å². The largest absolute Gasteiger partial charge is 0.397 e. The molecule has 1 aromatic carbocycles. The molecule has 5 heteroatoms. The number of nitrogens with zero attached hydrogens (tertiary/aromatic N) is 2. The molecule has 2 heterocycles. The Hall–Kier alpha value is -2.30. The number of hydrogen-bond acceptors (Lipinski definition) is 3. The van der Waals surface area contributed by atoms with E-state index in [1.165, 1.54) is 0 Å². The fourth-order valence-electron chi connectivity index (χ4n) is 2.57. The number of carbonyl (C=O) groups is 1. The lowest BCUT2D eigenvalue weighted by molar-refractivity contribution is -0.115. The van der Waals surface area contributed by atoms with Crippen LogP contribution >= 0.6 is 0 Å². The molecule has 1 aromatic heterocycles. The molecule has 0 radical (unpaired) electrons. The van der Waals surface area contributed by atoms with Gasteiger partial charge < -0.3 is 11.1 Å². The fourth-order valence-corrected chi connectivity index (χ4v) is 2.57. The first-order chi connectivity index (χ1) is 9.62. The molecule has 1 aliphatic heterocycles. The lowest BCUT2D eigenvalue weighted by atomic mass is 10.1. The van der Waals surface area contributed by atoms with E-state index in [1.54, 1.807) is 0 Å². The van der Waals surface area contributed by atoms with Gasteiger partial charge in [0.05, 0.1) is 23.5 Å². The minimum Gasteiger partial charge on any atom is -0.397 e. The van der Waals surface area contributed by atoms with Crippen molar-refractivity contribution >= 4 is 17.3 Å². The number of benzene rings is 1. The average Bonchev–Trinajstić information content (AvgIpc) is 2.99. The van der Waals surface area contributed by atoms with E-state index in [0.717, 1.165) is 41.2 Å². The van der Waals surface area contributed by atoms with Crippen LogP contribution in [0, 0.1) is 0 Å². The van der Waals surface area contributed by atoms with Crippen molar-refractivity contribution in [1.29, 1.82) is 0 Å². The van der Waals surface area contributed by atoms with Gasteiger partial charge in [-0.25, -0.2) is 4.68 Å². The van der Waals surface area contributed by atoms with Gasteiger partial charge in [-0.15, -0.1) is 0 Å². The maximum absolute atomic E-state index is 11.5. The highest BCUT2D eigenvalue weighted by molar-refractivity contribution is 6.00. The van der Waals surface area contributed by atoms with E-state index in [4.69, 9.17) is 5.73 Å². The lowest BCUT2D eigenvalue weighted by Crippen LogP contribution is -2.06. The van der Waals surface area contributed by atoms with Gasteiger partial charge in [0.25, 0.3) is 0 Å². The molecule has 0 saturated heterocycles. The third-order valence-electron chi connectivity index (χ3n) is 3.66. The first-order valence-corrected chi connectivity index (χ1v) is 6.92. The molecular formula is C15H18N4O. The van der Waals surface area contributed by atoms with E-state index in [2.05, 4.69) is 30.3 Å². The van der Waals surface area contributed by atoms with Crippen molar-refractivity contribution in [2.75, 3.05) is 11.1 Å². The second kappa shape index (κ2) is 4.67. The van der Waals surface area contributed by atoms with E-state index >= 15 is 0 Å². The van der Waals surface area contributed by atoms with Gasteiger partial charge in [-0.2, -0.15) is 5.10 Å². The minimum absolute atomic E-state index is 0.0157. The highest BCUT2D eigenvalue weighted by atomic mass is 16.1. The van der Waals surface area contributed by atoms with Crippen LogP contribution in [-0.2, 0) is 24.1 Å². The maximum atomic E-state index is 11.5. The van der Waals surface area contributed by atoms with Crippen LogP contribution in [-0.4, -0.2) is 15.7 Å². The third kappa shape index (κ3) is 1.95. The first-order valence-electron chi connectivity index (χ1n) is 6.92. The van der Waals surface area contributed by atoms with Gasteiger partial charge in [-0.3, -0.25) is 4.79 Å². The summed E-state index contributed by atoms with van der Waals surface area (Å²) >= 11 is 0. The van der Waals surface area contributed by atoms with Crippen molar-refractivity contribution < 1.29 is 4.79 Å². The normalized spacial score (nSPS) is 13.4. The standard InChI is InChI=1S/C15H18N4O/c1-3-10-7-11(4-2)19(18-10)14-8-13-9(5-12(14)16)6-15(20)17-13/h5,7-8H,3-4,6,16H2,1-2H3,(H,17,20). The monoisotopic (exact) mass is 270 g/mol. The quantitative estimate of drug-likeness (QED) is 0.839. The van der Waals surface area contributed by atoms with Gasteiger partial charge in [0.1, 0.15) is 0 Å². The highest BCUT2D eigenvalue weighted by Gasteiger charge is 2.21. The number of rotatable bonds is 3. The molecule has 20 heavy (non-hydrogen) atoms. The Kier molecular flexibility index (Phi) is 2.97. The number of nitrogens with two attached hydrogens (primary N) is 1. The number of hydrogen-bond donors (Lipinski definition) is 2. The Bertz CT molecular complexity index is 687. The summed E-state index contributed by atoms with van der Waals surface area (Å²) in [6, 6.07) is 5.89. The molecule has 5 nitrogen and oxygen atoms in total. The molecule has 1 aliphatic rings. The molecule has 0 bridgehead atoms. The number of fused-ring (bicyclic) bond motifs is 1. The summed E-state index contributed by atoms with van der Waals surface area (Å²) in [7, 11) is 0. The molecule has 0 unspecified atom stereocenters. The smallest absolute Gasteiger partial charge is 0.228 e. The number of aryl methyl sites for hydroxylation is 2. The number of nitrogens with one attached hydrogen (secondary N) is 1. The molecule has 2 aromatic rings. The average molecular weight is 270 g/mol. The van der Waals surface area contributed by atoms with E-state index in [1.807, 2.05) is 16.8 Å². The molecule has 3 rings (SSSR count). The molecule has 0 aliphatic carbocycles. The van der Waals surface area contributed by atoms with Crippen LogP contribution < -0.4 is 11.1 Å². The molecule has 1 amide bonds. The molecule has 104 valence electrons. The van der Waals surface area contributed by atoms with Gasteiger partial charge in [0.15, 0.2) is 0 Å². The Morgan fingerprint density at radius 1 is 1.30 bits per heavy atom. The number of nitrogen functional groups attached to an aromatic ring is 1.